The SMILES string of the molecule is C=CCCOc1ccc(OC(=O)C2CCC(c3ccc(C4CCC(C)CC4)c(F)c3F)CC2)cc1F. The van der Waals surface area contributed by atoms with E-state index in [2.05, 4.69) is 13.5 Å². The zero-order chi connectivity index (χ0) is 25.7. The van der Waals surface area contributed by atoms with Crippen LogP contribution in [0.2, 0.25) is 0 Å². The van der Waals surface area contributed by atoms with Gasteiger partial charge in [-0.05, 0) is 86.0 Å². The number of halogens is 3. The highest BCUT2D eigenvalue weighted by molar-refractivity contribution is 5.75. The van der Waals surface area contributed by atoms with Gasteiger partial charge in [-0.3, -0.25) is 4.79 Å². The highest BCUT2D eigenvalue weighted by Crippen LogP contribution is 2.41. The maximum atomic E-state index is 15.1. The van der Waals surface area contributed by atoms with Crippen LogP contribution < -0.4 is 9.47 Å². The second kappa shape index (κ2) is 12.0. The molecule has 0 amide bonds. The third-order valence-corrected chi connectivity index (χ3v) is 7.80. The van der Waals surface area contributed by atoms with Crippen molar-refractivity contribution < 1.29 is 27.4 Å². The van der Waals surface area contributed by atoms with Crippen LogP contribution in [0.3, 0.4) is 0 Å². The Kier molecular flexibility index (Phi) is 8.76. The number of benzene rings is 2. The van der Waals surface area contributed by atoms with Crippen LogP contribution in [-0.2, 0) is 4.79 Å². The number of rotatable bonds is 8. The van der Waals surface area contributed by atoms with Crippen LogP contribution in [0.1, 0.15) is 87.7 Å². The van der Waals surface area contributed by atoms with Crippen LogP contribution in [-0.4, -0.2) is 12.6 Å². The summed E-state index contributed by atoms with van der Waals surface area (Å²) in [7, 11) is 0. The molecule has 0 radical (unpaired) electrons. The first-order valence-electron chi connectivity index (χ1n) is 13.1. The van der Waals surface area contributed by atoms with Gasteiger partial charge in [0.2, 0.25) is 0 Å². The standard InChI is InChI=1S/C30H35F3O3/c1-3-4-17-35-27-16-13-23(18-26(27)31)36-30(34)22-11-9-21(10-12-22)25-15-14-24(28(32)29(25)33)20-7-5-19(2)6-8-20/h3,13-16,18-22H,1,4-12,17H2,2H3. The van der Waals surface area contributed by atoms with Gasteiger partial charge in [0.15, 0.2) is 23.2 Å². The van der Waals surface area contributed by atoms with E-state index in [9.17, 15) is 9.18 Å². The van der Waals surface area contributed by atoms with E-state index in [4.69, 9.17) is 9.47 Å². The highest BCUT2D eigenvalue weighted by Gasteiger charge is 2.32. The monoisotopic (exact) mass is 500 g/mol. The molecule has 0 aliphatic heterocycles. The zero-order valence-electron chi connectivity index (χ0n) is 20.9. The second-order valence-electron chi connectivity index (χ2n) is 10.3. The minimum absolute atomic E-state index is 0.0906. The van der Waals surface area contributed by atoms with Crippen molar-refractivity contribution in [2.45, 2.75) is 76.5 Å². The number of ether oxygens (including phenoxy) is 2. The Hall–Kier alpha value is -2.76. The summed E-state index contributed by atoms with van der Waals surface area (Å²) in [6, 6.07) is 7.60. The van der Waals surface area contributed by atoms with E-state index in [1.165, 1.54) is 12.1 Å². The molecule has 0 atom stereocenters. The molecule has 6 heteroatoms. The molecular formula is C30H35F3O3. The third-order valence-electron chi connectivity index (χ3n) is 7.80. The van der Waals surface area contributed by atoms with Crippen LogP contribution >= 0.6 is 0 Å². The number of hydrogen-bond donors (Lipinski definition) is 0. The van der Waals surface area contributed by atoms with Crippen molar-refractivity contribution in [1.29, 1.82) is 0 Å². The Labute approximate surface area is 211 Å². The molecule has 0 heterocycles. The smallest absolute Gasteiger partial charge is 0.314 e. The molecule has 0 saturated heterocycles. The van der Waals surface area contributed by atoms with Gasteiger partial charge in [0.25, 0.3) is 0 Å². The number of esters is 1. The minimum Gasteiger partial charge on any atom is -0.490 e. The van der Waals surface area contributed by atoms with Crippen LogP contribution in [0.15, 0.2) is 43.0 Å². The van der Waals surface area contributed by atoms with Gasteiger partial charge >= 0.3 is 5.97 Å². The average molecular weight is 501 g/mol. The summed E-state index contributed by atoms with van der Waals surface area (Å²) in [6.45, 7) is 6.11. The van der Waals surface area contributed by atoms with Crippen LogP contribution in [0.25, 0.3) is 0 Å². The molecule has 194 valence electrons. The maximum absolute atomic E-state index is 15.1. The third kappa shape index (κ3) is 6.13. The molecule has 2 aromatic rings. The largest absolute Gasteiger partial charge is 0.490 e. The molecule has 2 fully saturated rings. The second-order valence-corrected chi connectivity index (χ2v) is 10.3. The molecular weight excluding hydrogens is 465 g/mol. The fourth-order valence-electron chi connectivity index (χ4n) is 5.53. The number of hydrogen-bond acceptors (Lipinski definition) is 3. The van der Waals surface area contributed by atoms with E-state index in [0.29, 0.717) is 55.8 Å². The molecule has 0 N–H and O–H groups in total. The van der Waals surface area contributed by atoms with Crippen molar-refractivity contribution in [3.05, 3.63) is 71.6 Å². The molecule has 2 saturated carbocycles. The van der Waals surface area contributed by atoms with Gasteiger partial charge in [0.05, 0.1) is 12.5 Å². The van der Waals surface area contributed by atoms with Gasteiger partial charge in [-0.15, -0.1) is 6.58 Å². The summed E-state index contributed by atoms with van der Waals surface area (Å²) in [5.74, 6) is -2.00. The Bertz CT molecular complexity index is 1070. The summed E-state index contributed by atoms with van der Waals surface area (Å²) < 4.78 is 55.0. The van der Waals surface area contributed by atoms with Crippen LogP contribution in [0.4, 0.5) is 13.2 Å². The average Bonchev–Trinajstić information content (AvgIpc) is 2.88. The maximum Gasteiger partial charge on any atom is 0.314 e. The molecule has 4 rings (SSSR count). The van der Waals surface area contributed by atoms with Gasteiger partial charge in [0.1, 0.15) is 5.75 Å². The summed E-state index contributed by atoms with van der Waals surface area (Å²) in [6.07, 6.45) is 8.34. The van der Waals surface area contributed by atoms with Gasteiger partial charge in [-0.2, -0.15) is 0 Å². The zero-order valence-corrected chi connectivity index (χ0v) is 20.9. The Morgan fingerprint density at radius 1 is 0.917 bits per heavy atom. The lowest BCUT2D eigenvalue weighted by Gasteiger charge is -2.29. The van der Waals surface area contributed by atoms with E-state index in [1.54, 1.807) is 18.2 Å². The molecule has 3 nitrogen and oxygen atoms in total. The van der Waals surface area contributed by atoms with Crippen molar-refractivity contribution in [1.82, 2.24) is 0 Å². The quantitative estimate of drug-likeness (QED) is 0.158. The van der Waals surface area contributed by atoms with Gasteiger partial charge in [-0.25, -0.2) is 13.2 Å². The topological polar surface area (TPSA) is 35.5 Å². The van der Waals surface area contributed by atoms with Crippen LogP contribution in [0, 0.1) is 29.3 Å². The van der Waals surface area contributed by atoms with Crippen molar-refractivity contribution in [2.24, 2.45) is 11.8 Å². The fraction of sp³-hybridized carbons (Fsp3) is 0.500. The summed E-state index contributed by atoms with van der Waals surface area (Å²) in [5.41, 5.74) is 0.908. The van der Waals surface area contributed by atoms with Crippen molar-refractivity contribution in [3.63, 3.8) is 0 Å². The van der Waals surface area contributed by atoms with Gasteiger partial charge in [-0.1, -0.05) is 38.0 Å². The summed E-state index contributed by atoms with van der Waals surface area (Å²) in [4.78, 5) is 12.7. The predicted octanol–water partition coefficient (Wildman–Crippen LogP) is 8.23. The van der Waals surface area contributed by atoms with E-state index < -0.39 is 23.4 Å². The first kappa shape index (κ1) is 26.3. The molecule has 0 aromatic heterocycles. The van der Waals surface area contributed by atoms with Crippen molar-refractivity contribution in [3.8, 4) is 11.5 Å². The summed E-state index contributed by atoms with van der Waals surface area (Å²) >= 11 is 0. The van der Waals surface area contributed by atoms with Gasteiger partial charge in [0, 0.05) is 6.07 Å². The fourth-order valence-corrected chi connectivity index (χ4v) is 5.53. The molecule has 0 unspecified atom stereocenters. The molecule has 36 heavy (non-hydrogen) atoms. The van der Waals surface area contributed by atoms with Gasteiger partial charge < -0.3 is 9.47 Å². The lowest BCUT2D eigenvalue weighted by Crippen LogP contribution is -2.25. The normalized spacial score (nSPS) is 24.2. The molecule has 2 aromatic carbocycles. The Balaban J connectivity index is 1.33. The van der Waals surface area contributed by atoms with Crippen molar-refractivity contribution >= 4 is 5.97 Å². The lowest BCUT2D eigenvalue weighted by atomic mass is 9.76. The Morgan fingerprint density at radius 2 is 1.50 bits per heavy atom. The van der Waals surface area contributed by atoms with E-state index in [0.717, 1.165) is 31.7 Å². The highest BCUT2D eigenvalue weighted by atomic mass is 19.2. The van der Waals surface area contributed by atoms with E-state index >= 15 is 8.78 Å². The molecule has 0 bridgehead atoms. The van der Waals surface area contributed by atoms with Crippen molar-refractivity contribution in [2.75, 3.05) is 6.61 Å². The first-order chi connectivity index (χ1) is 17.4. The predicted molar refractivity (Wildman–Crippen MR) is 134 cm³/mol. The van der Waals surface area contributed by atoms with Crippen LogP contribution in [0.5, 0.6) is 11.5 Å². The summed E-state index contributed by atoms with van der Waals surface area (Å²) in [5, 5.41) is 0. The van der Waals surface area contributed by atoms with E-state index in [-0.39, 0.29) is 29.3 Å². The molecule has 0 spiro atoms. The minimum atomic E-state index is -0.733. The number of carbonyl (C=O) groups excluding carboxylic acids is 1. The molecule has 2 aliphatic rings. The van der Waals surface area contributed by atoms with E-state index in [1.807, 2.05) is 0 Å². The number of carbonyl (C=O) groups is 1. The molecule has 2 aliphatic carbocycles. The Morgan fingerprint density at radius 3 is 2.06 bits per heavy atom. The first-order valence-corrected chi connectivity index (χ1v) is 13.1. The lowest BCUT2D eigenvalue weighted by molar-refractivity contribution is -0.140.